The minimum Gasteiger partial charge on any atom is -0.376 e. The molecule has 3 N–H and O–H groups in total. The monoisotopic (exact) mass is 220 g/mol. The van der Waals surface area contributed by atoms with Gasteiger partial charge in [-0.05, 0) is 34.8 Å². The van der Waals surface area contributed by atoms with E-state index in [4.69, 9.17) is 18.0 Å². The second-order valence-corrected chi connectivity index (χ2v) is 3.20. The zero-order valence-corrected chi connectivity index (χ0v) is 8.48. The van der Waals surface area contributed by atoms with Gasteiger partial charge in [0, 0.05) is 0 Å². The number of nitrogens with one attached hydrogen (secondary N) is 1. The van der Waals surface area contributed by atoms with Crippen molar-refractivity contribution in [2.45, 2.75) is 0 Å². The fourth-order valence-electron chi connectivity index (χ4n) is 1.18. The summed E-state index contributed by atoms with van der Waals surface area (Å²) in [6.07, 6.45) is 1.50. The summed E-state index contributed by atoms with van der Waals surface area (Å²) in [6, 6.07) is 7.45. The quantitative estimate of drug-likeness (QED) is 0.709. The zero-order valence-electron chi connectivity index (χ0n) is 7.66. The Morgan fingerprint density at radius 1 is 1.40 bits per heavy atom. The smallest absolute Gasteiger partial charge is 0.168 e. The Morgan fingerprint density at radius 2 is 2.20 bits per heavy atom. The molecule has 0 amide bonds. The van der Waals surface area contributed by atoms with E-state index in [1.165, 1.54) is 11.0 Å². The number of aromatic nitrogens is 4. The lowest BCUT2D eigenvalue weighted by atomic mass is 10.2. The van der Waals surface area contributed by atoms with Crippen LogP contribution in [-0.2, 0) is 0 Å². The van der Waals surface area contributed by atoms with Gasteiger partial charge in [-0.1, -0.05) is 12.1 Å². The number of para-hydroxylation sites is 2. The molecule has 1 aromatic carbocycles. The second-order valence-electron chi connectivity index (χ2n) is 2.76. The van der Waals surface area contributed by atoms with Crippen molar-refractivity contribution in [2.24, 2.45) is 5.73 Å². The van der Waals surface area contributed by atoms with Crippen molar-refractivity contribution in [1.82, 2.24) is 20.2 Å². The third-order valence-corrected chi connectivity index (χ3v) is 1.86. The van der Waals surface area contributed by atoms with Gasteiger partial charge in [-0.3, -0.25) is 0 Å². The number of thiocarbonyl (C=S) groups is 1. The van der Waals surface area contributed by atoms with Crippen LogP contribution in [0.4, 0.5) is 5.69 Å². The van der Waals surface area contributed by atoms with E-state index in [9.17, 15) is 0 Å². The third kappa shape index (κ3) is 2.08. The van der Waals surface area contributed by atoms with Crippen molar-refractivity contribution in [3.8, 4) is 5.69 Å². The summed E-state index contributed by atoms with van der Waals surface area (Å²) in [5.41, 5.74) is 6.95. The van der Waals surface area contributed by atoms with Gasteiger partial charge in [0.1, 0.15) is 6.33 Å². The Hall–Kier alpha value is -2.02. The first-order valence-corrected chi connectivity index (χ1v) is 4.57. The molecule has 0 fully saturated rings. The maximum absolute atomic E-state index is 5.41. The predicted molar refractivity (Wildman–Crippen MR) is 59.6 cm³/mol. The van der Waals surface area contributed by atoms with Gasteiger partial charge in [-0.15, -0.1) is 5.10 Å². The average molecular weight is 220 g/mol. The summed E-state index contributed by atoms with van der Waals surface area (Å²) in [6.45, 7) is 0. The molecule has 0 aliphatic rings. The lowest BCUT2D eigenvalue weighted by Crippen LogP contribution is -2.20. The number of nitrogens with two attached hydrogens (primary N) is 1. The zero-order chi connectivity index (χ0) is 10.7. The average Bonchev–Trinajstić information content (AvgIpc) is 2.70. The van der Waals surface area contributed by atoms with Crippen LogP contribution in [0.1, 0.15) is 0 Å². The fraction of sp³-hybridized carbons (Fsp3) is 0. The first-order chi connectivity index (χ1) is 7.27. The minimum atomic E-state index is 0.204. The molecule has 0 radical (unpaired) electrons. The Morgan fingerprint density at radius 3 is 2.87 bits per heavy atom. The molecule has 15 heavy (non-hydrogen) atoms. The molecule has 0 aliphatic carbocycles. The summed E-state index contributed by atoms with van der Waals surface area (Å²) in [4.78, 5) is 0. The standard InChI is InChI=1S/C8H8N6S/c9-8(15)11-6-3-1-2-4-7(6)14-5-10-12-13-14/h1-5H,(H3,9,11,15). The second kappa shape index (κ2) is 4.01. The van der Waals surface area contributed by atoms with E-state index >= 15 is 0 Å². The van der Waals surface area contributed by atoms with Crippen LogP contribution in [0.15, 0.2) is 30.6 Å². The molecule has 0 saturated carbocycles. The predicted octanol–water partition coefficient (Wildman–Crippen LogP) is 0.318. The molecular weight excluding hydrogens is 212 g/mol. The summed E-state index contributed by atoms with van der Waals surface area (Å²) >= 11 is 4.77. The van der Waals surface area contributed by atoms with Crippen LogP contribution in [0, 0.1) is 0 Å². The van der Waals surface area contributed by atoms with Crippen LogP contribution in [0.5, 0.6) is 0 Å². The first kappa shape index (κ1) is 9.53. The van der Waals surface area contributed by atoms with Gasteiger partial charge in [0.2, 0.25) is 0 Å². The van der Waals surface area contributed by atoms with Crippen LogP contribution >= 0.6 is 12.2 Å². The van der Waals surface area contributed by atoms with Crippen LogP contribution in [-0.4, -0.2) is 25.3 Å². The highest BCUT2D eigenvalue weighted by Gasteiger charge is 2.04. The van der Waals surface area contributed by atoms with E-state index in [1.807, 2.05) is 24.3 Å². The van der Waals surface area contributed by atoms with Gasteiger partial charge in [0.05, 0.1) is 11.4 Å². The molecular formula is C8H8N6S. The molecule has 0 unspecified atom stereocenters. The summed E-state index contributed by atoms with van der Waals surface area (Å²) in [7, 11) is 0. The Kier molecular flexibility index (Phi) is 2.55. The first-order valence-electron chi connectivity index (χ1n) is 4.16. The molecule has 0 aliphatic heterocycles. The van der Waals surface area contributed by atoms with Gasteiger partial charge in [0.25, 0.3) is 0 Å². The van der Waals surface area contributed by atoms with Gasteiger partial charge >= 0.3 is 0 Å². The van der Waals surface area contributed by atoms with Crippen molar-refractivity contribution in [3.63, 3.8) is 0 Å². The van der Waals surface area contributed by atoms with Crippen molar-refractivity contribution in [2.75, 3.05) is 5.32 Å². The molecule has 2 aromatic rings. The van der Waals surface area contributed by atoms with Crippen molar-refractivity contribution >= 4 is 23.0 Å². The van der Waals surface area contributed by atoms with Crippen molar-refractivity contribution in [1.29, 1.82) is 0 Å². The molecule has 7 heteroatoms. The molecule has 2 rings (SSSR count). The molecule has 76 valence electrons. The fourth-order valence-corrected chi connectivity index (χ4v) is 1.29. The Balaban J connectivity index is 2.42. The number of tetrazole rings is 1. The largest absolute Gasteiger partial charge is 0.376 e. The lowest BCUT2D eigenvalue weighted by Gasteiger charge is -2.08. The minimum absolute atomic E-state index is 0.204. The van der Waals surface area contributed by atoms with E-state index in [1.54, 1.807) is 0 Å². The van der Waals surface area contributed by atoms with Crippen LogP contribution in [0.25, 0.3) is 5.69 Å². The maximum Gasteiger partial charge on any atom is 0.168 e. The number of hydrogen-bond acceptors (Lipinski definition) is 4. The number of rotatable bonds is 2. The number of hydrogen-bond donors (Lipinski definition) is 2. The Bertz CT molecular complexity index is 466. The SMILES string of the molecule is NC(=S)Nc1ccccc1-n1cnnn1. The Labute approximate surface area is 91.1 Å². The highest BCUT2D eigenvalue weighted by molar-refractivity contribution is 7.80. The number of anilines is 1. The molecule has 0 atom stereocenters. The molecule has 1 heterocycles. The number of nitrogens with zero attached hydrogens (tertiary/aromatic N) is 4. The molecule has 6 nitrogen and oxygen atoms in total. The van der Waals surface area contributed by atoms with Crippen LogP contribution in [0.3, 0.4) is 0 Å². The summed E-state index contributed by atoms with van der Waals surface area (Å²) in [5.74, 6) is 0. The van der Waals surface area contributed by atoms with E-state index in [0.29, 0.717) is 0 Å². The highest BCUT2D eigenvalue weighted by atomic mass is 32.1. The van der Waals surface area contributed by atoms with E-state index in [-0.39, 0.29) is 5.11 Å². The molecule has 0 spiro atoms. The van der Waals surface area contributed by atoms with Gasteiger partial charge < -0.3 is 11.1 Å². The third-order valence-electron chi connectivity index (χ3n) is 1.76. The van der Waals surface area contributed by atoms with Crippen molar-refractivity contribution in [3.05, 3.63) is 30.6 Å². The summed E-state index contributed by atoms with van der Waals surface area (Å²) < 4.78 is 1.53. The van der Waals surface area contributed by atoms with Gasteiger partial charge in [-0.2, -0.15) is 4.68 Å². The summed E-state index contributed by atoms with van der Waals surface area (Å²) in [5, 5.41) is 14.0. The maximum atomic E-state index is 5.41. The van der Waals surface area contributed by atoms with Crippen LogP contribution in [0.2, 0.25) is 0 Å². The molecule has 1 aromatic heterocycles. The number of benzene rings is 1. The lowest BCUT2D eigenvalue weighted by molar-refractivity contribution is 0.790. The molecule has 0 saturated heterocycles. The van der Waals surface area contributed by atoms with Gasteiger partial charge in [0.15, 0.2) is 5.11 Å². The van der Waals surface area contributed by atoms with Crippen molar-refractivity contribution < 1.29 is 0 Å². The molecule has 0 bridgehead atoms. The van der Waals surface area contributed by atoms with E-state index in [0.717, 1.165) is 11.4 Å². The van der Waals surface area contributed by atoms with Gasteiger partial charge in [-0.25, -0.2) is 0 Å². The van der Waals surface area contributed by atoms with E-state index in [2.05, 4.69) is 20.8 Å². The topological polar surface area (TPSA) is 81.6 Å². The normalized spacial score (nSPS) is 9.87. The highest BCUT2D eigenvalue weighted by Crippen LogP contribution is 2.17. The van der Waals surface area contributed by atoms with E-state index < -0.39 is 0 Å². The van der Waals surface area contributed by atoms with Crippen LogP contribution < -0.4 is 11.1 Å².